The van der Waals surface area contributed by atoms with E-state index < -0.39 is 0 Å². The minimum Gasteiger partial charge on any atom is -0.360 e. The molecule has 25 heavy (non-hydrogen) atoms. The van der Waals surface area contributed by atoms with E-state index in [0.29, 0.717) is 40.3 Å². The minimum atomic E-state index is -0.121. The number of fused-ring (bicyclic) bond motifs is 1. The summed E-state index contributed by atoms with van der Waals surface area (Å²) in [6.45, 7) is 1.03. The molecular weight excluding hydrogens is 359 g/mol. The number of nitrogens with one attached hydrogen (secondary N) is 2. The zero-order valence-corrected chi connectivity index (χ0v) is 14.6. The fraction of sp³-hybridized carbons (Fsp3) is 0.111. The second kappa shape index (κ2) is 6.43. The number of halogens is 2. The summed E-state index contributed by atoms with van der Waals surface area (Å²) in [5.74, 6) is 0.328. The SMILES string of the molecule is O=C(c1c[nH]c2ccccc12)N1CCN=C1Nc1c(Cl)cccc1Cl. The van der Waals surface area contributed by atoms with E-state index in [1.807, 2.05) is 24.3 Å². The first-order chi connectivity index (χ1) is 12.1. The molecule has 0 spiro atoms. The van der Waals surface area contributed by atoms with Crippen molar-refractivity contribution in [1.82, 2.24) is 9.88 Å². The van der Waals surface area contributed by atoms with Gasteiger partial charge in [-0.3, -0.25) is 14.7 Å². The van der Waals surface area contributed by atoms with E-state index in [9.17, 15) is 4.79 Å². The number of benzene rings is 2. The van der Waals surface area contributed by atoms with Gasteiger partial charge in [-0.25, -0.2) is 0 Å². The van der Waals surface area contributed by atoms with Gasteiger partial charge in [0, 0.05) is 23.6 Å². The number of carbonyl (C=O) groups excluding carboxylic acids is 1. The Bertz CT molecular complexity index is 975. The molecule has 0 saturated carbocycles. The van der Waals surface area contributed by atoms with Crippen LogP contribution in [0.1, 0.15) is 10.4 Å². The number of nitrogens with zero attached hydrogens (tertiary/aromatic N) is 2. The average Bonchev–Trinajstić information content (AvgIpc) is 3.24. The lowest BCUT2D eigenvalue weighted by molar-refractivity contribution is 0.0859. The molecule has 2 N–H and O–H groups in total. The van der Waals surface area contributed by atoms with Gasteiger partial charge in [0.05, 0.1) is 27.8 Å². The van der Waals surface area contributed by atoms with Crippen molar-refractivity contribution < 1.29 is 4.79 Å². The Kier molecular flexibility index (Phi) is 4.11. The maximum Gasteiger partial charge on any atom is 0.262 e. The molecule has 0 aliphatic carbocycles. The molecule has 5 nitrogen and oxygen atoms in total. The van der Waals surface area contributed by atoms with E-state index in [0.717, 1.165) is 10.9 Å². The standard InChI is InChI=1S/C18H14Cl2N4O/c19-13-5-3-6-14(20)16(13)23-18-21-8-9-24(18)17(25)12-10-22-15-7-2-1-4-11(12)15/h1-7,10,22H,8-9H2,(H,21,23). The molecule has 7 heteroatoms. The minimum absolute atomic E-state index is 0.121. The summed E-state index contributed by atoms with van der Waals surface area (Å²) in [7, 11) is 0. The molecule has 0 saturated heterocycles. The van der Waals surface area contributed by atoms with Gasteiger partial charge in [0.15, 0.2) is 0 Å². The number of aromatic nitrogens is 1. The Hall–Kier alpha value is -2.50. The Balaban J connectivity index is 1.64. The molecule has 2 aromatic carbocycles. The first-order valence-corrected chi connectivity index (χ1v) is 8.54. The number of hydrogen-bond acceptors (Lipinski definition) is 3. The number of H-pyrrole nitrogens is 1. The van der Waals surface area contributed by atoms with Crippen LogP contribution in [-0.4, -0.2) is 34.8 Å². The Morgan fingerprint density at radius 3 is 2.68 bits per heavy atom. The van der Waals surface area contributed by atoms with Gasteiger partial charge in [-0.15, -0.1) is 0 Å². The van der Waals surface area contributed by atoms with Crippen LogP contribution in [-0.2, 0) is 0 Å². The highest BCUT2D eigenvalue weighted by atomic mass is 35.5. The lowest BCUT2D eigenvalue weighted by atomic mass is 10.1. The number of anilines is 1. The van der Waals surface area contributed by atoms with Crippen LogP contribution in [0.4, 0.5) is 5.69 Å². The average molecular weight is 373 g/mol. The molecule has 0 fully saturated rings. The molecule has 1 aromatic heterocycles. The van der Waals surface area contributed by atoms with E-state index in [-0.39, 0.29) is 5.91 Å². The highest BCUT2D eigenvalue weighted by Crippen LogP contribution is 2.30. The number of aromatic amines is 1. The van der Waals surface area contributed by atoms with Gasteiger partial charge in [0.1, 0.15) is 0 Å². The number of aliphatic imine (C=N–C) groups is 1. The predicted octanol–water partition coefficient (Wildman–Crippen LogP) is 4.40. The molecule has 1 amide bonds. The molecule has 0 atom stereocenters. The molecular formula is C18H14Cl2N4O. The highest BCUT2D eigenvalue weighted by Gasteiger charge is 2.27. The van der Waals surface area contributed by atoms with Crippen molar-refractivity contribution in [1.29, 1.82) is 0 Å². The van der Waals surface area contributed by atoms with Crippen LogP contribution in [0.15, 0.2) is 53.7 Å². The van der Waals surface area contributed by atoms with Gasteiger partial charge in [0.2, 0.25) is 5.96 Å². The monoisotopic (exact) mass is 372 g/mol. The molecule has 3 aromatic rings. The molecule has 1 aliphatic rings. The fourth-order valence-corrected chi connectivity index (χ4v) is 3.37. The van der Waals surface area contributed by atoms with E-state index >= 15 is 0 Å². The summed E-state index contributed by atoms with van der Waals surface area (Å²) in [4.78, 5) is 22.1. The summed E-state index contributed by atoms with van der Waals surface area (Å²) in [6, 6.07) is 12.9. The molecule has 1 aliphatic heterocycles. The van der Waals surface area contributed by atoms with E-state index in [1.54, 1.807) is 29.3 Å². The number of para-hydroxylation sites is 2. The summed E-state index contributed by atoms with van der Waals surface area (Å²) in [6.07, 6.45) is 1.73. The van der Waals surface area contributed by atoms with Crippen LogP contribution in [0.25, 0.3) is 10.9 Å². The third kappa shape index (κ3) is 2.86. The van der Waals surface area contributed by atoms with Gasteiger partial charge >= 0.3 is 0 Å². The van der Waals surface area contributed by atoms with Crippen molar-refractivity contribution in [2.45, 2.75) is 0 Å². The van der Waals surface area contributed by atoms with Crippen molar-refractivity contribution in [3.8, 4) is 0 Å². The maximum absolute atomic E-state index is 13.0. The number of hydrogen-bond donors (Lipinski definition) is 2. The quantitative estimate of drug-likeness (QED) is 0.700. The van der Waals surface area contributed by atoms with Crippen molar-refractivity contribution in [3.63, 3.8) is 0 Å². The van der Waals surface area contributed by atoms with Crippen LogP contribution in [0.3, 0.4) is 0 Å². The Morgan fingerprint density at radius 2 is 1.88 bits per heavy atom. The Morgan fingerprint density at radius 1 is 1.12 bits per heavy atom. The summed E-state index contributed by atoms with van der Waals surface area (Å²) < 4.78 is 0. The molecule has 0 bridgehead atoms. The molecule has 4 rings (SSSR count). The zero-order valence-electron chi connectivity index (χ0n) is 13.1. The van der Waals surface area contributed by atoms with E-state index in [1.165, 1.54) is 0 Å². The summed E-state index contributed by atoms with van der Waals surface area (Å²) in [5.41, 5.74) is 2.08. The summed E-state index contributed by atoms with van der Waals surface area (Å²) in [5, 5.41) is 4.93. The second-order valence-electron chi connectivity index (χ2n) is 5.63. The van der Waals surface area contributed by atoms with Crippen molar-refractivity contribution in [2.75, 3.05) is 18.4 Å². The van der Waals surface area contributed by atoms with Crippen molar-refractivity contribution >= 4 is 51.7 Å². The molecule has 126 valence electrons. The van der Waals surface area contributed by atoms with Gasteiger partial charge < -0.3 is 10.3 Å². The van der Waals surface area contributed by atoms with E-state index in [4.69, 9.17) is 23.2 Å². The molecule has 2 heterocycles. The lowest BCUT2D eigenvalue weighted by Crippen LogP contribution is -2.38. The largest absolute Gasteiger partial charge is 0.360 e. The fourth-order valence-electron chi connectivity index (χ4n) is 2.87. The first kappa shape index (κ1) is 16.0. The number of rotatable bonds is 2. The second-order valence-corrected chi connectivity index (χ2v) is 6.45. The van der Waals surface area contributed by atoms with Gasteiger partial charge in [-0.1, -0.05) is 47.5 Å². The highest BCUT2D eigenvalue weighted by molar-refractivity contribution is 6.40. The van der Waals surface area contributed by atoms with Crippen LogP contribution in [0.2, 0.25) is 10.0 Å². The number of guanidine groups is 1. The van der Waals surface area contributed by atoms with Crippen LogP contribution in [0, 0.1) is 0 Å². The Labute approximate surface area is 154 Å². The van der Waals surface area contributed by atoms with Gasteiger partial charge in [0.25, 0.3) is 5.91 Å². The topological polar surface area (TPSA) is 60.5 Å². The third-order valence-electron chi connectivity index (χ3n) is 4.11. The number of amides is 1. The maximum atomic E-state index is 13.0. The van der Waals surface area contributed by atoms with Crippen molar-refractivity contribution in [3.05, 3.63) is 64.3 Å². The molecule has 0 unspecified atom stereocenters. The number of carbonyl (C=O) groups is 1. The smallest absolute Gasteiger partial charge is 0.262 e. The lowest BCUT2D eigenvalue weighted by Gasteiger charge is -2.20. The third-order valence-corrected chi connectivity index (χ3v) is 4.74. The van der Waals surface area contributed by atoms with Gasteiger partial charge in [-0.2, -0.15) is 0 Å². The van der Waals surface area contributed by atoms with Crippen LogP contribution < -0.4 is 5.32 Å². The normalized spacial score (nSPS) is 14.0. The van der Waals surface area contributed by atoms with Gasteiger partial charge in [-0.05, 0) is 18.2 Å². The molecule has 0 radical (unpaired) electrons. The van der Waals surface area contributed by atoms with E-state index in [2.05, 4.69) is 15.3 Å². The van der Waals surface area contributed by atoms with Crippen LogP contribution in [0.5, 0.6) is 0 Å². The van der Waals surface area contributed by atoms with Crippen molar-refractivity contribution in [2.24, 2.45) is 4.99 Å². The zero-order chi connectivity index (χ0) is 17.4. The summed E-state index contributed by atoms with van der Waals surface area (Å²) >= 11 is 12.4. The first-order valence-electron chi connectivity index (χ1n) is 7.78. The predicted molar refractivity (Wildman–Crippen MR) is 102 cm³/mol. The van der Waals surface area contributed by atoms with Crippen LogP contribution >= 0.6 is 23.2 Å².